The van der Waals surface area contributed by atoms with Gasteiger partial charge in [-0.25, -0.2) is 9.48 Å². The highest BCUT2D eigenvalue weighted by atomic mass is 35.5. The van der Waals surface area contributed by atoms with Gasteiger partial charge in [0.05, 0.1) is 0 Å². The Morgan fingerprint density at radius 3 is 2.50 bits per heavy atom. The number of carboxylic acids is 1. The van der Waals surface area contributed by atoms with Gasteiger partial charge in [0.25, 0.3) is 0 Å². The molecule has 1 heterocycles. The monoisotopic (exact) mass is 266 g/mol. The van der Waals surface area contributed by atoms with Gasteiger partial charge >= 0.3 is 5.97 Å². The lowest BCUT2D eigenvalue weighted by molar-refractivity contribution is -0.146. The standard InChI is InChI=1S/C11H11ClN4O2/c1-11(2,10(17)18)16-9(13-14-15-16)7-3-5-8(12)6-4-7/h3-6H,1-2H3,(H,17,18). The number of rotatable bonds is 3. The predicted molar refractivity (Wildman–Crippen MR) is 65.2 cm³/mol. The average Bonchev–Trinajstić information content (AvgIpc) is 2.79. The zero-order chi connectivity index (χ0) is 13.3. The number of hydrogen-bond acceptors (Lipinski definition) is 4. The molecule has 0 aliphatic rings. The van der Waals surface area contributed by atoms with Crippen LogP contribution in [0.15, 0.2) is 24.3 Å². The van der Waals surface area contributed by atoms with E-state index in [4.69, 9.17) is 11.6 Å². The van der Waals surface area contributed by atoms with Crippen LogP contribution in [0.25, 0.3) is 11.4 Å². The SMILES string of the molecule is CC(C)(C(=O)O)n1nnnc1-c1ccc(Cl)cc1. The van der Waals surface area contributed by atoms with E-state index < -0.39 is 11.5 Å². The van der Waals surface area contributed by atoms with Gasteiger partial charge in [-0.2, -0.15) is 0 Å². The summed E-state index contributed by atoms with van der Waals surface area (Å²) in [4.78, 5) is 11.2. The van der Waals surface area contributed by atoms with Crippen LogP contribution in [0.1, 0.15) is 13.8 Å². The molecule has 0 amide bonds. The molecule has 1 N–H and O–H groups in total. The van der Waals surface area contributed by atoms with Crippen LogP contribution >= 0.6 is 11.6 Å². The van der Waals surface area contributed by atoms with Crippen LogP contribution in [0.5, 0.6) is 0 Å². The quantitative estimate of drug-likeness (QED) is 0.916. The van der Waals surface area contributed by atoms with E-state index in [-0.39, 0.29) is 0 Å². The Morgan fingerprint density at radius 2 is 1.94 bits per heavy atom. The van der Waals surface area contributed by atoms with Crippen LogP contribution in [0, 0.1) is 0 Å². The molecule has 0 radical (unpaired) electrons. The maximum Gasteiger partial charge on any atom is 0.331 e. The zero-order valence-corrected chi connectivity index (χ0v) is 10.6. The van der Waals surface area contributed by atoms with Gasteiger partial charge in [0.2, 0.25) is 0 Å². The van der Waals surface area contributed by atoms with Crippen LogP contribution in [0.3, 0.4) is 0 Å². The first-order valence-corrected chi connectivity index (χ1v) is 5.59. The fraction of sp³-hybridized carbons (Fsp3) is 0.273. The highest BCUT2D eigenvalue weighted by Gasteiger charge is 2.33. The van der Waals surface area contributed by atoms with Gasteiger partial charge in [-0.3, -0.25) is 0 Å². The lowest BCUT2D eigenvalue weighted by Crippen LogP contribution is -2.37. The smallest absolute Gasteiger partial charge is 0.331 e. The first-order valence-electron chi connectivity index (χ1n) is 5.21. The van der Waals surface area contributed by atoms with Crippen LogP contribution in [-0.2, 0) is 10.3 Å². The van der Waals surface area contributed by atoms with E-state index in [0.717, 1.165) is 0 Å². The molecule has 2 rings (SSSR count). The van der Waals surface area contributed by atoms with Crippen molar-refractivity contribution in [1.82, 2.24) is 20.2 Å². The first kappa shape index (κ1) is 12.5. The molecule has 0 bridgehead atoms. The summed E-state index contributed by atoms with van der Waals surface area (Å²) in [7, 11) is 0. The summed E-state index contributed by atoms with van der Waals surface area (Å²) in [6, 6.07) is 6.87. The summed E-state index contributed by atoms with van der Waals surface area (Å²) >= 11 is 5.80. The normalized spacial score (nSPS) is 11.5. The van der Waals surface area contributed by atoms with E-state index in [9.17, 15) is 9.90 Å². The van der Waals surface area contributed by atoms with Gasteiger partial charge in [0.15, 0.2) is 11.4 Å². The number of benzene rings is 1. The molecular weight excluding hydrogens is 256 g/mol. The second-order valence-electron chi connectivity index (χ2n) is 4.29. The number of nitrogens with zero attached hydrogens (tertiary/aromatic N) is 4. The van der Waals surface area contributed by atoms with Crippen molar-refractivity contribution in [3.05, 3.63) is 29.3 Å². The van der Waals surface area contributed by atoms with Gasteiger partial charge in [0, 0.05) is 10.6 Å². The predicted octanol–water partition coefficient (Wildman–Crippen LogP) is 1.81. The van der Waals surface area contributed by atoms with Crippen molar-refractivity contribution in [3.63, 3.8) is 0 Å². The minimum atomic E-state index is -1.22. The van der Waals surface area contributed by atoms with Gasteiger partial charge in [-0.05, 0) is 48.5 Å². The maximum absolute atomic E-state index is 11.2. The van der Waals surface area contributed by atoms with E-state index in [0.29, 0.717) is 16.4 Å². The van der Waals surface area contributed by atoms with Crippen molar-refractivity contribution in [3.8, 4) is 11.4 Å². The molecule has 7 heteroatoms. The fourth-order valence-corrected chi connectivity index (χ4v) is 1.56. The molecule has 0 aliphatic carbocycles. The average molecular weight is 267 g/mol. The topological polar surface area (TPSA) is 80.9 Å². The summed E-state index contributed by atoms with van der Waals surface area (Å²) in [5, 5.41) is 20.9. The van der Waals surface area contributed by atoms with E-state index in [1.165, 1.54) is 18.5 Å². The largest absolute Gasteiger partial charge is 0.479 e. The Labute approximate surface area is 108 Å². The number of carbonyl (C=O) groups is 1. The van der Waals surface area contributed by atoms with Crippen LogP contribution in [-0.4, -0.2) is 31.3 Å². The summed E-state index contributed by atoms with van der Waals surface area (Å²) in [6.45, 7) is 3.07. The zero-order valence-electron chi connectivity index (χ0n) is 9.83. The molecule has 6 nitrogen and oxygen atoms in total. The third kappa shape index (κ3) is 2.06. The van der Waals surface area contributed by atoms with Crippen molar-refractivity contribution in [2.45, 2.75) is 19.4 Å². The number of aliphatic carboxylic acids is 1. The Hall–Kier alpha value is -1.95. The van der Waals surface area contributed by atoms with Crippen molar-refractivity contribution in [1.29, 1.82) is 0 Å². The molecule has 0 spiro atoms. The van der Waals surface area contributed by atoms with Gasteiger partial charge in [0.1, 0.15) is 0 Å². The third-order valence-corrected chi connectivity index (χ3v) is 2.88. The fourth-order valence-electron chi connectivity index (χ4n) is 1.43. The molecule has 18 heavy (non-hydrogen) atoms. The third-order valence-electron chi connectivity index (χ3n) is 2.62. The summed E-state index contributed by atoms with van der Waals surface area (Å²) < 4.78 is 1.28. The molecule has 0 aliphatic heterocycles. The molecular formula is C11H11ClN4O2. The van der Waals surface area contributed by atoms with Gasteiger partial charge in [-0.15, -0.1) is 5.10 Å². The Kier molecular flexibility index (Phi) is 3.04. The first-order chi connectivity index (χ1) is 8.43. The second kappa shape index (κ2) is 4.38. The molecule has 1 aromatic heterocycles. The molecule has 94 valence electrons. The highest BCUT2D eigenvalue weighted by molar-refractivity contribution is 6.30. The van der Waals surface area contributed by atoms with Crippen molar-refractivity contribution in [2.24, 2.45) is 0 Å². The number of carboxylic acid groups (broad SMARTS) is 1. The summed E-state index contributed by atoms with van der Waals surface area (Å²) in [5.74, 6) is -0.621. The van der Waals surface area contributed by atoms with E-state index >= 15 is 0 Å². The molecule has 0 unspecified atom stereocenters. The van der Waals surface area contributed by atoms with Gasteiger partial charge in [-0.1, -0.05) is 11.6 Å². The molecule has 0 saturated carbocycles. The number of halogens is 1. The number of tetrazole rings is 1. The second-order valence-corrected chi connectivity index (χ2v) is 4.72. The molecule has 0 atom stereocenters. The van der Waals surface area contributed by atoms with Crippen LogP contribution in [0.2, 0.25) is 5.02 Å². The van der Waals surface area contributed by atoms with Crippen molar-refractivity contribution in [2.75, 3.05) is 0 Å². The van der Waals surface area contributed by atoms with E-state index in [1.807, 2.05) is 0 Å². The Bertz CT molecular complexity index is 577. The Balaban J connectivity index is 2.52. The molecule has 1 aromatic carbocycles. The van der Waals surface area contributed by atoms with Crippen LogP contribution < -0.4 is 0 Å². The number of aromatic nitrogens is 4. The lowest BCUT2D eigenvalue weighted by atomic mass is 10.1. The van der Waals surface area contributed by atoms with E-state index in [1.54, 1.807) is 24.3 Å². The van der Waals surface area contributed by atoms with Gasteiger partial charge < -0.3 is 5.11 Å². The minimum Gasteiger partial charge on any atom is -0.479 e. The lowest BCUT2D eigenvalue weighted by Gasteiger charge is -2.20. The number of hydrogen-bond donors (Lipinski definition) is 1. The van der Waals surface area contributed by atoms with E-state index in [2.05, 4.69) is 15.5 Å². The van der Waals surface area contributed by atoms with Crippen molar-refractivity contribution < 1.29 is 9.90 Å². The summed E-state index contributed by atoms with van der Waals surface area (Å²) in [6.07, 6.45) is 0. The highest BCUT2D eigenvalue weighted by Crippen LogP contribution is 2.24. The summed E-state index contributed by atoms with van der Waals surface area (Å²) in [5.41, 5.74) is -0.517. The minimum absolute atomic E-state index is 0.388. The maximum atomic E-state index is 11.2. The Morgan fingerprint density at radius 1 is 1.33 bits per heavy atom. The molecule has 2 aromatic rings. The van der Waals surface area contributed by atoms with Crippen molar-refractivity contribution >= 4 is 17.6 Å². The molecule has 0 fully saturated rings. The van der Waals surface area contributed by atoms with Crippen LogP contribution in [0.4, 0.5) is 0 Å². The molecule has 0 saturated heterocycles.